The van der Waals surface area contributed by atoms with Gasteiger partial charge in [-0.3, -0.25) is 0 Å². The number of hydrogen-bond donors (Lipinski definition) is 0. The van der Waals surface area contributed by atoms with Gasteiger partial charge in [0.1, 0.15) is 11.2 Å². The second kappa shape index (κ2) is 13.1. The molecule has 0 N–H and O–H groups in total. The summed E-state index contributed by atoms with van der Waals surface area (Å²) in [7, 11) is 0. The topological polar surface area (TPSA) is 38.9 Å². The van der Waals surface area contributed by atoms with Gasteiger partial charge in [-0.25, -0.2) is 9.97 Å². The van der Waals surface area contributed by atoms with Crippen LogP contribution in [0.2, 0.25) is 0 Å². The van der Waals surface area contributed by atoms with E-state index in [4.69, 9.17) is 14.4 Å². The molecule has 0 fully saturated rings. The van der Waals surface area contributed by atoms with Crippen LogP contribution in [0.4, 0.5) is 0 Å². The Balaban J connectivity index is 0.976. The van der Waals surface area contributed by atoms with Crippen LogP contribution in [0.25, 0.3) is 89.2 Å². The molecule has 2 heterocycles. The molecule has 8 aromatic carbocycles. The Labute approximate surface area is 331 Å². The molecule has 0 saturated carbocycles. The summed E-state index contributed by atoms with van der Waals surface area (Å²) in [4.78, 5) is 10.3. The van der Waals surface area contributed by atoms with Gasteiger partial charge < -0.3 is 4.42 Å². The average Bonchev–Trinajstić information content (AvgIpc) is 3.79. The summed E-state index contributed by atoms with van der Waals surface area (Å²) >= 11 is 0. The summed E-state index contributed by atoms with van der Waals surface area (Å²) in [5.74, 6) is 0.698. The molecule has 0 saturated heterocycles. The number of nitrogens with zero attached hydrogens (tertiary/aromatic N) is 2. The Morgan fingerprint density at radius 3 is 1.79 bits per heavy atom. The molecule has 11 rings (SSSR count). The Hall–Kier alpha value is -7.36. The van der Waals surface area contributed by atoms with Crippen molar-refractivity contribution in [3.8, 4) is 67.3 Å². The minimum absolute atomic E-state index is 0.223. The van der Waals surface area contributed by atoms with E-state index in [1.54, 1.807) is 0 Å². The summed E-state index contributed by atoms with van der Waals surface area (Å²) in [6, 6.07) is 71.2. The lowest BCUT2D eigenvalue weighted by atomic mass is 9.74. The molecule has 0 aliphatic heterocycles. The van der Waals surface area contributed by atoms with E-state index in [0.717, 1.165) is 66.7 Å². The van der Waals surface area contributed by atoms with Gasteiger partial charge in [0.05, 0.1) is 11.4 Å². The predicted molar refractivity (Wildman–Crippen MR) is 234 cm³/mol. The van der Waals surface area contributed by atoms with Gasteiger partial charge in [0.15, 0.2) is 5.82 Å². The van der Waals surface area contributed by atoms with E-state index in [9.17, 15) is 0 Å². The zero-order chi connectivity index (χ0) is 37.9. The van der Waals surface area contributed by atoms with Gasteiger partial charge >= 0.3 is 0 Å². The molecule has 10 aromatic rings. The van der Waals surface area contributed by atoms with Gasteiger partial charge in [-0.15, -0.1) is 0 Å². The van der Waals surface area contributed by atoms with Crippen LogP contribution in [0.1, 0.15) is 23.6 Å². The standard InChI is InChI=1S/C54H36N2O/c1-54(42-17-6-3-7-18-42)47-21-10-8-19-43(47)45-32-40(27-29-48(45)54)38-15-12-16-41(31-38)50-34-49(55-53(56-50)37-13-4-2-5-14-37)36-25-23-35(24-26-36)39-28-30-52-46(33-39)44-20-9-11-22-51(44)57-52/h2-34H,1H3. The fourth-order valence-electron chi connectivity index (χ4n) is 8.82. The normalized spacial score (nSPS) is 14.5. The van der Waals surface area contributed by atoms with E-state index in [1.165, 1.54) is 33.4 Å². The Kier molecular flexibility index (Phi) is 7.61. The van der Waals surface area contributed by atoms with E-state index >= 15 is 0 Å². The Morgan fingerprint density at radius 2 is 0.947 bits per heavy atom. The maximum absolute atomic E-state index is 6.09. The van der Waals surface area contributed by atoms with Crippen LogP contribution < -0.4 is 0 Å². The van der Waals surface area contributed by atoms with Gasteiger partial charge in [0.25, 0.3) is 0 Å². The molecule has 1 aliphatic rings. The Morgan fingerprint density at radius 1 is 0.368 bits per heavy atom. The van der Waals surface area contributed by atoms with Crippen LogP contribution in [-0.2, 0) is 5.41 Å². The third-order valence-electron chi connectivity index (χ3n) is 11.8. The van der Waals surface area contributed by atoms with Crippen molar-refractivity contribution in [2.75, 3.05) is 0 Å². The van der Waals surface area contributed by atoms with Crippen molar-refractivity contribution in [3.63, 3.8) is 0 Å². The van der Waals surface area contributed by atoms with E-state index < -0.39 is 0 Å². The zero-order valence-electron chi connectivity index (χ0n) is 31.4. The molecule has 3 nitrogen and oxygen atoms in total. The van der Waals surface area contributed by atoms with E-state index in [2.05, 4.69) is 177 Å². The maximum Gasteiger partial charge on any atom is 0.160 e. The largest absolute Gasteiger partial charge is 0.456 e. The molecule has 1 atom stereocenters. The minimum Gasteiger partial charge on any atom is -0.456 e. The van der Waals surface area contributed by atoms with E-state index in [0.29, 0.717) is 5.82 Å². The highest BCUT2D eigenvalue weighted by Crippen LogP contribution is 2.53. The molecule has 1 unspecified atom stereocenters. The average molecular weight is 729 g/mol. The first-order valence-electron chi connectivity index (χ1n) is 19.5. The van der Waals surface area contributed by atoms with Gasteiger partial charge in [-0.2, -0.15) is 0 Å². The molecule has 0 radical (unpaired) electrons. The van der Waals surface area contributed by atoms with Crippen molar-refractivity contribution in [1.82, 2.24) is 9.97 Å². The minimum atomic E-state index is -0.223. The molecule has 268 valence electrons. The third kappa shape index (κ3) is 5.50. The molecule has 0 spiro atoms. The third-order valence-corrected chi connectivity index (χ3v) is 11.8. The van der Waals surface area contributed by atoms with Gasteiger partial charge in [0, 0.05) is 32.9 Å². The lowest BCUT2D eigenvalue weighted by molar-refractivity contribution is 0.669. The maximum atomic E-state index is 6.09. The smallest absolute Gasteiger partial charge is 0.160 e. The molecule has 3 heteroatoms. The van der Waals surface area contributed by atoms with Crippen molar-refractivity contribution < 1.29 is 4.42 Å². The number of benzene rings is 8. The highest BCUT2D eigenvalue weighted by Gasteiger charge is 2.40. The molecule has 57 heavy (non-hydrogen) atoms. The highest BCUT2D eigenvalue weighted by molar-refractivity contribution is 6.06. The number of hydrogen-bond acceptors (Lipinski definition) is 3. The summed E-state index contributed by atoms with van der Waals surface area (Å²) in [5.41, 5.74) is 17.6. The van der Waals surface area contributed by atoms with Crippen LogP contribution in [0.5, 0.6) is 0 Å². The second-order valence-corrected chi connectivity index (χ2v) is 15.1. The van der Waals surface area contributed by atoms with Gasteiger partial charge in [-0.1, -0.05) is 164 Å². The summed E-state index contributed by atoms with van der Waals surface area (Å²) < 4.78 is 6.09. The van der Waals surface area contributed by atoms with Crippen LogP contribution in [0, 0.1) is 0 Å². The zero-order valence-corrected chi connectivity index (χ0v) is 31.4. The molecular formula is C54H36N2O. The van der Waals surface area contributed by atoms with Crippen LogP contribution in [0.3, 0.4) is 0 Å². The van der Waals surface area contributed by atoms with Crippen molar-refractivity contribution in [3.05, 3.63) is 217 Å². The second-order valence-electron chi connectivity index (χ2n) is 15.1. The number of rotatable bonds is 6. The van der Waals surface area contributed by atoms with Crippen LogP contribution in [-0.4, -0.2) is 9.97 Å². The summed E-state index contributed by atoms with van der Waals surface area (Å²) in [5, 5.41) is 2.25. The first-order chi connectivity index (χ1) is 28.1. The number of fused-ring (bicyclic) bond motifs is 6. The molecule has 1 aliphatic carbocycles. The van der Waals surface area contributed by atoms with Crippen molar-refractivity contribution >= 4 is 21.9 Å². The Bertz CT molecular complexity index is 3130. The first-order valence-corrected chi connectivity index (χ1v) is 19.5. The fourth-order valence-corrected chi connectivity index (χ4v) is 8.82. The van der Waals surface area contributed by atoms with Crippen molar-refractivity contribution in [1.29, 1.82) is 0 Å². The summed E-state index contributed by atoms with van der Waals surface area (Å²) in [6.07, 6.45) is 0. The quantitative estimate of drug-likeness (QED) is 0.171. The molecule has 0 amide bonds. The number of furan rings is 1. The van der Waals surface area contributed by atoms with E-state index in [1.807, 2.05) is 30.3 Å². The van der Waals surface area contributed by atoms with Crippen LogP contribution in [0.15, 0.2) is 205 Å². The highest BCUT2D eigenvalue weighted by atomic mass is 16.3. The predicted octanol–water partition coefficient (Wildman–Crippen LogP) is 14.0. The molecular weight excluding hydrogens is 693 g/mol. The van der Waals surface area contributed by atoms with Gasteiger partial charge in [0.2, 0.25) is 0 Å². The summed E-state index contributed by atoms with van der Waals surface area (Å²) in [6.45, 7) is 2.36. The van der Waals surface area contributed by atoms with Crippen LogP contribution >= 0.6 is 0 Å². The van der Waals surface area contributed by atoms with E-state index in [-0.39, 0.29) is 5.41 Å². The molecule has 0 bridgehead atoms. The number of para-hydroxylation sites is 1. The first kappa shape index (κ1) is 33.0. The van der Waals surface area contributed by atoms with Gasteiger partial charge in [-0.05, 0) is 93.4 Å². The lowest BCUT2D eigenvalue weighted by Gasteiger charge is -2.28. The molecule has 2 aromatic heterocycles. The van der Waals surface area contributed by atoms with Crippen molar-refractivity contribution in [2.45, 2.75) is 12.3 Å². The number of aromatic nitrogens is 2. The fraction of sp³-hybridized carbons (Fsp3) is 0.0370. The lowest BCUT2D eigenvalue weighted by Crippen LogP contribution is -2.22. The SMILES string of the molecule is CC1(c2ccccc2)c2ccccc2-c2cc(-c3cccc(-c4cc(-c5ccc(-c6ccc7oc8ccccc8c7c6)cc5)nc(-c5ccccc5)n4)c3)ccc21. The monoisotopic (exact) mass is 728 g/mol. The van der Waals surface area contributed by atoms with Crippen molar-refractivity contribution in [2.24, 2.45) is 0 Å².